The van der Waals surface area contributed by atoms with Crippen LogP contribution in [0.4, 0.5) is 0 Å². The van der Waals surface area contributed by atoms with E-state index in [0.717, 1.165) is 0 Å². The summed E-state index contributed by atoms with van der Waals surface area (Å²) in [4.78, 5) is 12.4. The summed E-state index contributed by atoms with van der Waals surface area (Å²) in [5.74, 6) is 0.666. The van der Waals surface area contributed by atoms with Gasteiger partial charge < -0.3 is 12.9 Å². The Hall–Kier alpha value is -2.97. The highest BCUT2D eigenvalue weighted by Gasteiger charge is 2.02. The molecule has 0 amide bonds. The molecule has 0 aliphatic rings. The van der Waals surface area contributed by atoms with Crippen LogP contribution in [0.15, 0.2) is 92.1 Å². The summed E-state index contributed by atoms with van der Waals surface area (Å²) in [6.07, 6.45) is 0. The van der Waals surface area contributed by atoms with Gasteiger partial charge in [0.2, 0.25) is 0 Å². The predicted molar refractivity (Wildman–Crippen MR) is 95.1 cm³/mol. The van der Waals surface area contributed by atoms with Crippen LogP contribution in [-0.4, -0.2) is 0 Å². The molecule has 0 saturated heterocycles. The summed E-state index contributed by atoms with van der Waals surface area (Å²) in [6.45, 7) is 0. The molecule has 0 fully saturated rings. The Morgan fingerprint density at radius 2 is 1.17 bits per heavy atom. The zero-order chi connectivity index (χ0) is 16.4. The predicted octanol–water partition coefficient (Wildman–Crippen LogP) is 5.49. The fraction of sp³-hybridized carbons (Fsp3) is 0. The van der Waals surface area contributed by atoms with Crippen molar-refractivity contribution in [1.29, 1.82) is 0 Å². The van der Waals surface area contributed by atoms with Crippen LogP contribution in [0.3, 0.4) is 0 Å². The van der Waals surface area contributed by atoms with Crippen molar-refractivity contribution in [3.05, 3.63) is 89.1 Å². The van der Waals surface area contributed by atoms with Crippen LogP contribution < -0.4 is 9.95 Å². The Kier molecular flexibility index (Phi) is 3.81. The first-order valence-electron chi connectivity index (χ1n) is 7.42. The lowest BCUT2D eigenvalue weighted by Crippen LogP contribution is -1.97. The maximum Gasteiger partial charge on any atom is 0.453 e. The molecule has 0 unspecified atom stereocenters. The summed E-state index contributed by atoms with van der Waals surface area (Å²) < 4.78 is 17.5. The number of hydrogen-bond acceptors (Lipinski definition) is 4. The normalized spacial score (nSPS) is 10.7. The second kappa shape index (κ2) is 6.26. The first-order valence-corrected chi connectivity index (χ1v) is 8.51. The molecule has 4 nitrogen and oxygen atoms in total. The van der Waals surface area contributed by atoms with Crippen LogP contribution >= 0.6 is 8.24 Å². The van der Waals surface area contributed by atoms with Crippen molar-refractivity contribution in [1.82, 2.24) is 0 Å². The number of hydrogen-bond donors (Lipinski definition) is 0. The summed E-state index contributed by atoms with van der Waals surface area (Å²) >= 11 is 0. The third-order valence-corrected chi connectivity index (χ3v) is 4.60. The van der Waals surface area contributed by atoms with Crippen LogP contribution in [-0.2, 0) is 0 Å². The SMILES string of the molecule is O=c1c2ccc(cc2)op(Oc2ccccc2)oc2ccc1cc2. The molecule has 5 heteroatoms. The highest BCUT2D eigenvalue weighted by atomic mass is 31.1. The molecule has 24 heavy (non-hydrogen) atoms. The lowest BCUT2D eigenvalue weighted by molar-refractivity contribution is 0.495. The van der Waals surface area contributed by atoms with Crippen molar-refractivity contribution in [2.75, 3.05) is 0 Å². The van der Waals surface area contributed by atoms with E-state index in [1.54, 1.807) is 48.5 Å². The molecule has 7 aromatic rings. The average Bonchev–Trinajstić information content (AvgIpc) is 2.62. The third kappa shape index (κ3) is 3.05. The smallest absolute Gasteiger partial charge is 0.391 e. The molecule has 118 valence electrons. The summed E-state index contributed by atoms with van der Waals surface area (Å²) in [5, 5.41) is 1.23. The Morgan fingerprint density at radius 3 is 1.67 bits per heavy atom. The van der Waals surface area contributed by atoms with Crippen molar-refractivity contribution in [3.63, 3.8) is 0 Å². The van der Waals surface area contributed by atoms with Crippen LogP contribution in [0.1, 0.15) is 0 Å². The Labute approximate surface area is 138 Å². The molecule has 0 spiro atoms. The summed E-state index contributed by atoms with van der Waals surface area (Å²) in [5.41, 5.74) is 1.14. The molecule has 0 atom stereocenters. The van der Waals surface area contributed by atoms with Crippen LogP contribution in [0.25, 0.3) is 21.9 Å². The number of rotatable bonds is 2. The first kappa shape index (κ1) is 14.6. The lowest BCUT2D eigenvalue weighted by atomic mass is 10.2. The van der Waals surface area contributed by atoms with Crippen LogP contribution in [0, 0.1) is 0 Å². The minimum atomic E-state index is -1.68. The van der Waals surface area contributed by atoms with Gasteiger partial charge in [0.1, 0.15) is 16.9 Å². The van der Waals surface area contributed by atoms with Gasteiger partial charge in [-0.3, -0.25) is 4.79 Å². The molecule has 0 aliphatic carbocycles. The lowest BCUT2D eigenvalue weighted by Gasteiger charge is -2.02. The first-order chi connectivity index (χ1) is 11.8. The van der Waals surface area contributed by atoms with Gasteiger partial charge in [-0.2, -0.15) is 0 Å². The largest absolute Gasteiger partial charge is 0.453 e. The Morgan fingerprint density at radius 1 is 0.667 bits per heavy atom. The Balaban J connectivity index is 1.98. The second-order valence-corrected chi connectivity index (χ2v) is 6.18. The van der Waals surface area contributed by atoms with E-state index in [1.807, 2.05) is 30.3 Å². The van der Waals surface area contributed by atoms with E-state index in [1.165, 1.54) is 0 Å². The molecular weight excluding hydrogens is 323 g/mol. The average molecular weight is 336 g/mol. The molecule has 3 aromatic carbocycles. The van der Waals surface area contributed by atoms with E-state index >= 15 is 0 Å². The second-order valence-electron chi connectivity index (χ2n) is 5.19. The topological polar surface area (TPSA) is 52.6 Å². The van der Waals surface area contributed by atoms with E-state index in [4.69, 9.17) is 12.9 Å². The molecule has 7 rings (SSSR count). The quantitative estimate of drug-likeness (QED) is 0.485. The van der Waals surface area contributed by atoms with Gasteiger partial charge >= 0.3 is 8.24 Å². The van der Waals surface area contributed by atoms with Crippen molar-refractivity contribution >= 4 is 30.2 Å². The van der Waals surface area contributed by atoms with Gasteiger partial charge in [-0.15, -0.1) is 0 Å². The number of para-hydroxylation sites is 1. The molecule has 4 bridgehead atoms. The summed E-state index contributed by atoms with van der Waals surface area (Å²) in [7, 11) is -1.68. The highest BCUT2D eigenvalue weighted by molar-refractivity contribution is 7.32. The minimum absolute atomic E-state index is 0.0310. The number of benzene rings is 3. The van der Waals surface area contributed by atoms with Gasteiger partial charge in [-0.1, -0.05) is 18.2 Å². The van der Waals surface area contributed by atoms with Crippen LogP contribution in [0.5, 0.6) is 5.75 Å². The highest BCUT2D eigenvalue weighted by Crippen LogP contribution is 2.31. The van der Waals surface area contributed by atoms with Crippen molar-refractivity contribution in [3.8, 4) is 5.75 Å². The molecule has 0 N–H and O–H groups in total. The molecule has 0 radical (unpaired) electrons. The van der Waals surface area contributed by atoms with Gasteiger partial charge in [0.15, 0.2) is 5.43 Å². The van der Waals surface area contributed by atoms with E-state index in [9.17, 15) is 4.79 Å². The van der Waals surface area contributed by atoms with E-state index < -0.39 is 8.24 Å². The van der Waals surface area contributed by atoms with E-state index in [0.29, 0.717) is 27.7 Å². The molecular formula is C19H13O4P. The fourth-order valence-electron chi connectivity index (χ4n) is 2.30. The van der Waals surface area contributed by atoms with Crippen LogP contribution in [0.2, 0.25) is 0 Å². The molecule has 4 aromatic heterocycles. The fourth-order valence-corrected chi connectivity index (χ4v) is 3.29. The zero-order valence-corrected chi connectivity index (χ0v) is 13.5. The minimum Gasteiger partial charge on any atom is -0.391 e. The van der Waals surface area contributed by atoms with Gasteiger partial charge in [-0.25, -0.2) is 0 Å². The van der Waals surface area contributed by atoms with Crippen molar-refractivity contribution < 1.29 is 12.9 Å². The summed E-state index contributed by atoms with van der Waals surface area (Å²) in [6, 6.07) is 23.3. The van der Waals surface area contributed by atoms with Gasteiger partial charge in [0.25, 0.3) is 0 Å². The van der Waals surface area contributed by atoms with Gasteiger partial charge in [0.05, 0.1) is 0 Å². The maximum atomic E-state index is 12.4. The monoisotopic (exact) mass is 336 g/mol. The van der Waals surface area contributed by atoms with Crippen molar-refractivity contribution in [2.24, 2.45) is 0 Å². The zero-order valence-electron chi connectivity index (χ0n) is 12.6. The maximum absolute atomic E-state index is 12.4. The third-order valence-electron chi connectivity index (χ3n) is 3.52. The Bertz CT molecular complexity index is 999. The van der Waals surface area contributed by atoms with Crippen molar-refractivity contribution in [2.45, 2.75) is 0 Å². The van der Waals surface area contributed by atoms with E-state index in [2.05, 4.69) is 0 Å². The van der Waals surface area contributed by atoms with Gasteiger partial charge in [-0.05, 0) is 60.7 Å². The molecule has 0 aliphatic heterocycles. The molecule has 4 heterocycles. The molecule has 0 saturated carbocycles. The standard InChI is InChI=1S/C19H13O4P/c20-19-14-6-10-17(11-7-14)22-24(21-16-4-2-1-3-5-16)23-18-12-8-15(19)9-13-18/h1-13H. The van der Waals surface area contributed by atoms with Gasteiger partial charge in [0, 0.05) is 10.8 Å². The van der Waals surface area contributed by atoms with E-state index in [-0.39, 0.29) is 5.43 Å².